The van der Waals surface area contributed by atoms with Crippen molar-refractivity contribution in [3.05, 3.63) is 36.7 Å². The van der Waals surface area contributed by atoms with Crippen molar-refractivity contribution in [3.63, 3.8) is 0 Å². The molecule has 0 aliphatic heterocycles. The lowest BCUT2D eigenvalue weighted by molar-refractivity contribution is 0.0788. The van der Waals surface area contributed by atoms with Gasteiger partial charge in [-0.1, -0.05) is 25.7 Å². The van der Waals surface area contributed by atoms with Crippen molar-refractivity contribution in [2.45, 2.75) is 32.4 Å². The minimum absolute atomic E-state index is 0.494. The van der Waals surface area contributed by atoms with E-state index in [0.29, 0.717) is 6.73 Å². The normalized spacial score (nSPS) is 11.6. The van der Waals surface area contributed by atoms with Crippen LogP contribution < -0.4 is 5.32 Å². The van der Waals surface area contributed by atoms with Crippen molar-refractivity contribution < 1.29 is 4.74 Å². The average molecular weight is 290 g/mol. The molecule has 6 heteroatoms. The molecule has 0 unspecified atom stereocenters. The van der Waals surface area contributed by atoms with Crippen molar-refractivity contribution in [2.75, 3.05) is 11.9 Å². The molecule has 0 amide bonds. The quantitative estimate of drug-likeness (QED) is 0.627. The molecule has 0 fully saturated rings. The topological polar surface area (TPSA) is 52.0 Å². The van der Waals surface area contributed by atoms with Gasteiger partial charge in [-0.05, 0) is 18.2 Å². The van der Waals surface area contributed by atoms with E-state index in [4.69, 9.17) is 4.74 Å². The molecule has 0 bridgehead atoms. The second-order valence-electron chi connectivity index (χ2n) is 5.93. The summed E-state index contributed by atoms with van der Waals surface area (Å²) in [5.41, 5.74) is 0. The van der Waals surface area contributed by atoms with Crippen LogP contribution in [0.4, 0.5) is 11.6 Å². The molecule has 2 rings (SSSR count). The average Bonchev–Trinajstić information content (AvgIpc) is 2.82. The van der Waals surface area contributed by atoms with E-state index in [1.165, 1.54) is 6.04 Å². The summed E-state index contributed by atoms with van der Waals surface area (Å²) in [6.45, 7) is 8.34. The number of nitrogens with one attached hydrogen (secondary N) is 1. The molecule has 0 aromatic carbocycles. The van der Waals surface area contributed by atoms with E-state index in [1.54, 1.807) is 10.9 Å². The van der Waals surface area contributed by atoms with Gasteiger partial charge < -0.3 is 10.1 Å². The number of pyridine rings is 1. The number of anilines is 2. The second-order valence-corrected chi connectivity index (χ2v) is 11.5. The molecule has 0 saturated heterocycles. The Morgan fingerprint density at radius 2 is 2.05 bits per heavy atom. The first-order valence-electron chi connectivity index (χ1n) is 6.82. The van der Waals surface area contributed by atoms with Gasteiger partial charge in [0.2, 0.25) is 0 Å². The fraction of sp³-hybridized carbons (Fsp3) is 0.429. The summed E-state index contributed by atoms with van der Waals surface area (Å²) in [7, 11) is -1.02. The molecule has 0 spiro atoms. The Labute approximate surface area is 121 Å². The van der Waals surface area contributed by atoms with Crippen LogP contribution in [0.5, 0.6) is 0 Å². The molecular formula is C14H22N4OSi. The van der Waals surface area contributed by atoms with Gasteiger partial charge in [-0.3, -0.25) is 0 Å². The predicted molar refractivity (Wildman–Crippen MR) is 83.9 cm³/mol. The van der Waals surface area contributed by atoms with Gasteiger partial charge in [-0.25, -0.2) is 9.67 Å². The van der Waals surface area contributed by atoms with Crippen LogP contribution in [0.15, 0.2) is 36.7 Å². The molecule has 2 aromatic heterocycles. The third-order valence-corrected chi connectivity index (χ3v) is 4.49. The third kappa shape index (κ3) is 5.14. The maximum atomic E-state index is 5.65. The first-order valence-corrected chi connectivity index (χ1v) is 10.5. The lowest BCUT2D eigenvalue weighted by Gasteiger charge is -2.15. The van der Waals surface area contributed by atoms with Gasteiger partial charge in [-0.15, -0.1) is 0 Å². The number of ether oxygens (including phenoxy) is 1. The third-order valence-electron chi connectivity index (χ3n) is 2.78. The van der Waals surface area contributed by atoms with E-state index in [-0.39, 0.29) is 0 Å². The SMILES string of the molecule is C[Si](C)(C)CCOCn1ccc(Nc2ccccn2)n1. The Morgan fingerprint density at radius 3 is 2.75 bits per heavy atom. The van der Waals surface area contributed by atoms with Gasteiger partial charge in [0.25, 0.3) is 0 Å². The largest absolute Gasteiger partial charge is 0.360 e. The summed E-state index contributed by atoms with van der Waals surface area (Å²) in [5, 5.41) is 7.54. The highest BCUT2D eigenvalue weighted by Gasteiger charge is 2.12. The maximum Gasteiger partial charge on any atom is 0.153 e. The summed E-state index contributed by atoms with van der Waals surface area (Å²) in [5.74, 6) is 1.56. The van der Waals surface area contributed by atoms with Crippen LogP contribution in [0.2, 0.25) is 25.7 Å². The fourth-order valence-electron chi connectivity index (χ4n) is 1.60. The summed E-state index contributed by atoms with van der Waals surface area (Å²) in [4.78, 5) is 4.20. The molecule has 5 nitrogen and oxygen atoms in total. The summed E-state index contributed by atoms with van der Waals surface area (Å²) < 4.78 is 7.44. The van der Waals surface area contributed by atoms with Crippen LogP contribution in [-0.4, -0.2) is 29.4 Å². The van der Waals surface area contributed by atoms with Crippen LogP contribution in [0.25, 0.3) is 0 Å². The monoisotopic (exact) mass is 290 g/mol. The molecule has 20 heavy (non-hydrogen) atoms. The fourth-order valence-corrected chi connectivity index (χ4v) is 2.36. The van der Waals surface area contributed by atoms with E-state index in [2.05, 4.69) is 35.0 Å². The van der Waals surface area contributed by atoms with Crippen LogP contribution in [-0.2, 0) is 11.5 Å². The first-order chi connectivity index (χ1) is 9.53. The highest BCUT2D eigenvalue weighted by atomic mass is 28.3. The molecule has 2 aromatic rings. The molecule has 2 heterocycles. The summed E-state index contributed by atoms with van der Waals surface area (Å²) >= 11 is 0. The molecule has 0 aliphatic rings. The van der Waals surface area contributed by atoms with Gasteiger partial charge in [0, 0.05) is 33.1 Å². The summed E-state index contributed by atoms with van der Waals surface area (Å²) in [6.07, 6.45) is 3.65. The zero-order valence-corrected chi connectivity index (χ0v) is 13.3. The molecule has 0 saturated carbocycles. The first kappa shape index (κ1) is 14.7. The van der Waals surface area contributed by atoms with Crippen molar-refractivity contribution >= 4 is 19.7 Å². The van der Waals surface area contributed by atoms with Crippen LogP contribution >= 0.6 is 0 Å². The highest BCUT2D eigenvalue weighted by Crippen LogP contribution is 2.11. The zero-order chi connectivity index (χ0) is 14.4. The Morgan fingerprint density at radius 1 is 1.20 bits per heavy atom. The number of aromatic nitrogens is 3. The van der Waals surface area contributed by atoms with E-state index in [1.807, 2.05) is 30.5 Å². The van der Waals surface area contributed by atoms with Gasteiger partial charge >= 0.3 is 0 Å². The van der Waals surface area contributed by atoms with Crippen molar-refractivity contribution in [2.24, 2.45) is 0 Å². The molecular weight excluding hydrogens is 268 g/mol. The Bertz CT molecular complexity index is 521. The Hall–Kier alpha value is -1.66. The Kier molecular flexibility index (Phi) is 4.92. The van der Waals surface area contributed by atoms with E-state index >= 15 is 0 Å². The van der Waals surface area contributed by atoms with E-state index in [0.717, 1.165) is 18.2 Å². The van der Waals surface area contributed by atoms with E-state index < -0.39 is 8.07 Å². The lowest BCUT2D eigenvalue weighted by atomic mass is 10.4. The van der Waals surface area contributed by atoms with Crippen LogP contribution in [0, 0.1) is 0 Å². The predicted octanol–water partition coefficient (Wildman–Crippen LogP) is 3.33. The maximum absolute atomic E-state index is 5.65. The van der Waals surface area contributed by atoms with Crippen molar-refractivity contribution in [1.29, 1.82) is 0 Å². The number of hydrogen-bond acceptors (Lipinski definition) is 4. The Balaban J connectivity index is 1.78. The molecule has 0 aliphatic carbocycles. The lowest BCUT2D eigenvalue weighted by Crippen LogP contribution is -2.22. The van der Waals surface area contributed by atoms with Gasteiger partial charge in [-0.2, -0.15) is 5.10 Å². The van der Waals surface area contributed by atoms with Crippen LogP contribution in [0.3, 0.4) is 0 Å². The second kappa shape index (κ2) is 6.67. The van der Waals surface area contributed by atoms with Crippen molar-refractivity contribution in [3.8, 4) is 0 Å². The summed E-state index contributed by atoms with van der Waals surface area (Å²) in [6, 6.07) is 8.81. The molecule has 0 radical (unpaired) electrons. The molecule has 108 valence electrons. The highest BCUT2D eigenvalue weighted by molar-refractivity contribution is 6.76. The van der Waals surface area contributed by atoms with Gasteiger partial charge in [0.1, 0.15) is 12.5 Å². The smallest absolute Gasteiger partial charge is 0.153 e. The van der Waals surface area contributed by atoms with Crippen LogP contribution in [0.1, 0.15) is 0 Å². The van der Waals surface area contributed by atoms with Gasteiger partial charge in [0.15, 0.2) is 5.82 Å². The van der Waals surface area contributed by atoms with Crippen molar-refractivity contribution in [1.82, 2.24) is 14.8 Å². The zero-order valence-electron chi connectivity index (χ0n) is 12.3. The molecule has 1 N–H and O–H groups in total. The standard InChI is InChI=1S/C14H22N4OSi/c1-20(2,3)11-10-19-12-18-9-7-14(17-18)16-13-6-4-5-8-15-13/h4-9H,10-12H2,1-3H3,(H,15,16,17). The minimum atomic E-state index is -1.02. The number of rotatable bonds is 7. The van der Waals surface area contributed by atoms with E-state index in [9.17, 15) is 0 Å². The minimum Gasteiger partial charge on any atom is -0.360 e. The van der Waals surface area contributed by atoms with Gasteiger partial charge in [0.05, 0.1) is 0 Å². The number of nitrogens with zero attached hydrogens (tertiary/aromatic N) is 3. The number of hydrogen-bond donors (Lipinski definition) is 1. The molecule has 0 atom stereocenters.